The fourth-order valence-corrected chi connectivity index (χ4v) is 2.98. The lowest BCUT2D eigenvalue weighted by atomic mass is 10.2. The van der Waals surface area contributed by atoms with Crippen molar-refractivity contribution in [1.29, 1.82) is 0 Å². The molecule has 0 saturated carbocycles. The average molecular weight is 453 g/mol. The molecule has 1 aromatic heterocycles. The molecule has 0 fully saturated rings. The molecule has 3 N–H and O–H groups in total. The van der Waals surface area contributed by atoms with Crippen LogP contribution in [0.25, 0.3) is 0 Å². The van der Waals surface area contributed by atoms with Crippen LogP contribution in [0, 0.1) is 11.6 Å². The Kier molecular flexibility index (Phi) is 5.77. The van der Waals surface area contributed by atoms with Crippen molar-refractivity contribution in [2.75, 3.05) is 11.2 Å². The standard InChI is InChI=1S/C17H11BrF2N4O2S/c18-10-4-5-13(26-16(25)15-11(19)2-1-3-12(15)20)9(6-10)7-22-24-17-23-14(21)8-27-17/h1-8H,21H2,(H,23,24). The number of benzene rings is 2. The Morgan fingerprint density at radius 3 is 2.70 bits per heavy atom. The third-order valence-corrected chi connectivity index (χ3v) is 4.49. The van der Waals surface area contributed by atoms with Gasteiger partial charge in [-0.2, -0.15) is 5.10 Å². The number of nitrogens with one attached hydrogen (secondary N) is 1. The highest BCUT2D eigenvalue weighted by Gasteiger charge is 2.20. The molecule has 0 amide bonds. The molecule has 0 radical (unpaired) electrons. The van der Waals surface area contributed by atoms with Crippen LogP contribution in [0.4, 0.5) is 19.7 Å². The lowest BCUT2D eigenvalue weighted by Crippen LogP contribution is -2.14. The number of hydrogen-bond donors (Lipinski definition) is 2. The van der Waals surface area contributed by atoms with Crippen molar-refractivity contribution >= 4 is 50.4 Å². The Labute approximate surface area is 164 Å². The Hall–Kier alpha value is -2.85. The monoisotopic (exact) mass is 452 g/mol. The van der Waals surface area contributed by atoms with Gasteiger partial charge in [-0.15, -0.1) is 11.3 Å². The number of thiazole rings is 1. The maximum atomic E-state index is 13.8. The van der Waals surface area contributed by atoms with Gasteiger partial charge in [-0.3, -0.25) is 5.43 Å². The predicted molar refractivity (Wildman–Crippen MR) is 103 cm³/mol. The van der Waals surface area contributed by atoms with Crippen LogP contribution < -0.4 is 15.9 Å². The zero-order valence-corrected chi connectivity index (χ0v) is 15.9. The van der Waals surface area contributed by atoms with Crippen LogP contribution in [0.2, 0.25) is 0 Å². The number of aromatic nitrogens is 1. The second kappa shape index (κ2) is 8.23. The number of halogens is 3. The van der Waals surface area contributed by atoms with Crippen LogP contribution in [0.15, 0.2) is 51.4 Å². The minimum atomic E-state index is -1.15. The molecule has 0 unspecified atom stereocenters. The summed E-state index contributed by atoms with van der Waals surface area (Å²) in [4.78, 5) is 16.2. The summed E-state index contributed by atoms with van der Waals surface area (Å²) in [5.41, 5.74) is 7.84. The van der Waals surface area contributed by atoms with E-state index in [1.54, 1.807) is 17.5 Å². The maximum Gasteiger partial charge on any atom is 0.349 e. The first-order valence-corrected chi connectivity index (χ1v) is 9.07. The van der Waals surface area contributed by atoms with Gasteiger partial charge in [-0.25, -0.2) is 18.6 Å². The average Bonchev–Trinajstić information content (AvgIpc) is 3.02. The molecule has 3 aromatic rings. The largest absolute Gasteiger partial charge is 0.422 e. The molecule has 2 aromatic carbocycles. The zero-order valence-electron chi connectivity index (χ0n) is 13.4. The third kappa shape index (κ3) is 4.66. The van der Waals surface area contributed by atoms with Crippen LogP contribution >= 0.6 is 27.3 Å². The van der Waals surface area contributed by atoms with E-state index < -0.39 is 23.2 Å². The first-order valence-electron chi connectivity index (χ1n) is 7.40. The first-order chi connectivity index (χ1) is 12.9. The summed E-state index contributed by atoms with van der Waals surface area (Å²) in [7, 11) is 0. The van der Waals surface area contributed by atoms with E-state index in [1.165, 1.54) is 23.6 Å². The van der Waals surface area contributed by atoms with Gasteiger partial charge < -0.3 is 10.5 Å². The maximum absolute atomic E-state index is 13.8. The number of nitrogens with zero attached hydrogens (tertiary/aromatic N) is 2. The summed E-state index contributed by atoms with van der Waals surface area (Å²) in [5.74, 6) is -2.72. The van der Waals surface area contributed by atoms with E-state index in [1.807, 2.05) is 0 Å². The van der Waals surface area contributed by atoms with Crippen molar-refractivity contribution in [3.63, 3.8) is 0 Å². The van der Waals surface area contributed by atoms with E-state index in [2.05, 4.69) is 31.4 Å². The van der Waals surface area contributed by atoms with Crippen molar-refractivity contribution in [3.8, 4) is 5.75 Å². The minimum absolute atomic E-state index is 0.0788. The Balaban J connectivity index is 1.82. The molecular weight excluding hydrogens is 442 g/mol. The normalized spacial score (nSPS) is 10.9. The summed E-state index contributed by atoms with van der Waals surface area (Å²) < 4.78 is 33.4. The highest BCUT2D eigenvalue weighted by Crippen LogP contribution is 2.24. The lowest BCUT2D eigenvalue weighted by Gasteiger charge is -2.09. The van der Waals surface area contributed by atoms with Crippen LogP contribution in [0.1, 0.15) is 15.9 Å². The summed E-state index contributed by atoms with van der Waals surface area (Å²) in [5, 5.41) is 6.12. The van der Waals surface area contributed by atoms with E-state index >= 15 is 0 Å². The minimum Gasteiger partial charge on any atom is -0.422 e. The Morgan fingerprint density at radius 1 is 1.30 bits per heavy atom. The fourth-order valence-electron chi connectivity index (χ4n) is 2.05. The van der Waals surface area contributed by atoms with Gasteiger partial charge in [0.25, 0.3) is 0 Å². The summed E-state index contributed by atoms with van der Waals surface area (Å²) in [6.45, 7) is 0. The number of esters is 1. The fraction of sp³-hybridized carbons (Fsp3) is 0. The number of nitrogens with two attached hydrogens (primary N) is 1. The molecule has 27 heavy (non-hydrogen) atoms. The highest BCUT2D eigenvalue weighted by atomic mass is 79.9. The number of hydrazone groups is 1. The van der Waals surface area contributed by atoms with Crippen LogP contribution in [0.5, 0.6) is 5.75 Å². The number of hydrogen-bond acceptors (Lipinski definition) is 7. The molecule has 6 nitrogen and oxygen atoms in total. The van der Waals surface area contributed by atoms with Gasteiger partial charge in [0.2, 0.25) is 5.13 Å². The number of nitrogen functional groups attached to an aromatic ring is 1. The third-order valence-electron chi connectivity index (χ3n) is 3.23. The van der Waals surface area contributed by atoms with Crippen LogP contribution in [-0.2, 0) is 0 Å². The van der Waals surface area contributed by atoms with Crippen molar-refractivity contribution in [2.24, 2.45) is 5.10 Å². The summed E-state index contributed by atoms with van der Waals surface area (Å²) in [6, 6.07) is 7.84. The van der Waals surface area contributed by atoms with Gasteiger partial charge >= 0.3 is 5.97 Å². The van der Waals surface area contributed by atoms with Gasteiger partial charge in [0.15, 0.2) is 0 Å². The molecule has 0 aliphatic carbocycles. The van der Waals surface area contributed by atoms with E-state index in [0.717, 1.165) is 18.2 Å². The molecular formula is C17H11BrF2N4O2S. The van der Waals surface area contributed by atoms with Crippen molar-refractivity contribution in [3.05, 3.63) is 69.0 Å². The SMILES string of the molecule is Nc1csc(NN=Cc2cc(Br)ccc2OC(=O)c2c(F)cccc2F)n1. The molecule has 0 aliphatic rings. The molecule has 0 saturated heterocycles. The Morgan fingerprint density at radius 2 is 2.04 bits per heavy atom. The van der Waals surface area contributed by atoms with Gasteiger partial charge in [-0.1, -0.05) is 22.0 Å². The first kappa shape index (κ1) is 18.9. The van der Waals surface area contributed by atoms with Crippen molar-refractivity contribution in [2.45, 2.75) is 0 Å². The van der Waals surface area contributed by atoms with Gasteiger partial charge in [0.05, 0.1) is 6.21 Å². The number of anilines is 2. The number of rotatable bonds is 5. The van der Waals surface area contributed by atoms with Crippen LogP contribution in [0.3, 0.4) is 0 Å². The molecule has 1 heterocycles. The van der Waals surface area contributed by atoms with E-state index in [4.69, 9.17) is 10.5 Å². The molecule has 0 spiro atoms. The van der Waals surface area contributed by atoms with E-state index in [0.29, 0.717) is 21.0 Å². The summed E-state index contributed by atoms with van der Waals surface area (Å²) in [6.07, 6.45) is 1.38. The molecule has 10 heteroatoms. The number of ether oxygens (including phenoxy) is 1. The molecule has 0 bridgehead atoms. The predicted octanol–water partition coefficient (Wildman–Crippen LogP) is 4.43. The highest BCUT2D eigenvalue weighted by molar-refractivity contribution is 9.10. The van der Waals surface area contributed by atoms with Gasteiger partial charge in [0, 0.05) is 15.4 Å². The lowest BCUT2D eigenvalue weighted by molar-refractivity contribution is 0.0724. The second-order valence-electron chi connectivity index (χ2n) is 5.12. The van der Waals surface area contributed by atoms with Crippen molar-refractivity contribution in [1.82, 2.24) is 4.98 Å². The number of carbonyl (C=O) groups is 1. The molecule has 0 aliphatic heterocycles. The molecule has 138 valence electrons. The zero-order chi connectivity index (χ0) is 19.4. The van der Waals surface area contributed by atoms with Gasteiger partial charge in [-0.05, 0) is 30.3 Å². The molecule has 0 atom stereocenters. The van der Waals surface area contributed by atoms with Gasteiger partial charge in [0.1, 0.15) is 28.8 Å². The topological polar surface area (TPSA) is 89.6 Å². The van der Waals surface area contributed by atoms with E-state index in [9.17, 15) is 13.6 Å². The quantitative estimate of drug-likeness (QED) is 0.258. The van der Waals surface area contributed by atoms with Crippen LogP contribution in [-0.4, -0.2) is 17.2 Å². The number of carbonyl (C=O) groups excluding carboxylic acids is 1. The summed E-state index contributed by atoms with van der Waals surface area (Å²) >= 11 is 4.57. The molecule has 3 rings (SSSR count). The second-order valence-corrected chi connectivity index (χ2v) is 6.89. The smallest absolute Gasteiger partial charge is 0.349 e. The Bertz CT molecular complexity index is 1010. The van der Waals surface area contributed by atoms with Crippen molar-refractivity contribution < 1.29 is 18.3 Å². The van der Waals surface area contributed by atoms with E-state index in [-0.39, 0.29) is 5.75 Å².